The van der Waals surface area contributed by atoms with Gasteiger partial charge in [0.05, 0.1) is 6.61 Å². The van der Waals surface area contributed by atoms with E-state index in [2.05, 4.69) is 15.2 Å². The van der Waals surface area contributed by atoms with Crippen LogP contribution < -0.4 is 10.2 Å². The first-order valence-electron chi connectivity index (χ1n) is 6.81. The average molecular weight is 263 g/mol. The Balaban J connectivity index is 1.84. The van der Waals surface area contributed by atoms with E-state index in [0.29, 0.717) is 6.61 Å². The van der Waals surface area contributed by atoms with E-state index in [4.69, 9.17) is 4.74 Å². The smallest absolute Gasteiger partial charge is 0.407 e. The summed E-state index contributed by atoms with van der Waals surface area (Å²) in [6.45, 7) is 6.04. The Morgan fingerprint density at radius 3 is 2.84 bits per heavy atom. The summed E-state index contributed by atoms with van der Waals surface area (Å²) in [5.74, 6) is 1.02. The lowest BCUT2D eigenvalue weighted by molar-refractivity contribution is 0.146. The van der Waals surface area contributed by atoms with E-state index in [-0.39, 0.29) is 12.1 Å². The van der Waals surface area contributed by atoms with Crippen molar-refractivity contribution in [1.82, 2.24) is 10.3 Å². The van der Waals surface area contributed by atoms with Crippen LogP contribution in [0.3, 0.4) is 0 Å². The number of alkyl carbamates (subject to hydrolysis) is 1. The van der Waals surface area contributed by atoms with Crippen molar-refractivity contribution < 1.29 is 9.53 Å². The molecule has 19 heavy (non-hydrogen) atoms. The minimum absolute atomic E-state index is 0.208. The second-order valence-corrected chi connectivity index (χ2v) is 4.76. The molecule has 1 N–H and O–H groups in total. The molecule has 1 aliphatic rings. The van der Waals surface area contributed by atoms with E-state index >= 15 is 0 Å². The second kappa shape index (κ2) is 6.41. The number of anilines is 1. The molecule has 5 nitrogen and oxygen atoms in total. The molecule has 1 aromatic rings. The van der Waals surface area contributed by atoms with Crippen LogP contribution in [0.5, 0.6) is 0 Å². The van der Waals surface area contributed by atoms with Crippen molar-refractivity contribution in [3.8, 4) is 0 Å². The van der Waals surface area contributed by atoms with Crippen LogP contribution in [0.4, 0.5) is 10.6 Å². The number of hydrogen-bond acceptors (Lipinski definition) is 4. The van der Waals surface area contributed by atoms with Crippen LogP contribution in [0.25, 0.3) is 0 Å². The Kier molecular flexibility index (Phi) is 4.60. The molecule has 0 saturated carbocycles. The van der Waals surface area contributed by atoms with Crippen LogP contribution in [0, 0.1) is 6.92 Å². The molecule has 1 saturated heterocycles. The SMILES string of the molecule is CCOC(=O)NC1CCN(c2cccc(C)n2)CC1. The number of ether oxygens (including phenoxy) is 1. The fourth-order valence-corrected chi connectivity index (χ4v) is 2.30. The van der Waals surface area contributed by atoms with E-state index in [1.165, 1.54) is 0 Å². The first-order chi connectivity index (χ1) is 9.19. The zero-order valence-electron chi connectivity index (χ0n) is 11.6. The van der Waals surface area contributed by atoms with Gasteiger partial charge in [0, 0.05) is 24.8 Å². The molecule has 1 fully saturated rings. The van der Waals surface area contributed by atoms with Crippen LogP contribution >= 0.6 is 0 Å². The highest BCUT2D eigenvalue weighted by Gasteiger charge is 2.21. The number of carbonyl (C=O) groups is 1. The van der Waals surface area contributed by atoms with Gasteiger partial charge >= 0.3 is 6.09 Å². The maximum atomic E-state index is 11.3. The Bertz CT molecular complexity index is 428. The van der Waals surface area contributed by atoms with Crippen LogP contribution in [0.15, 0.2) is 18.2 Å². The fourth-order valence-electron chi connectivity index (χ4n) is 2.30. The molecule has 0 aromatic carbocycles. The molecule has 5 heteroatoms. The molecule has 0 spiro atoms. The standard InChI is InChI=1S/C14H21N3O2/c1-3-19-14(18)16-12-7-9-17(10-8-12)13-6-4-5-11(2)15-13/h4-6,12H,3,7-10H2,1-2H3,(H,16,18). The Labute approximate surface area is 114 Å². The van der Waals surface area contributed by atoms with E-state index in [9.17, 15) is 4.79 Å². The van der Waals surface area contributed by atoms with Crippen molar-refractivity contribution in [2.24, 2.45) is 0 Å². The number of nitrogens with one attached hydrogen (secondary N) is 1. The van der Waals surface area contributed by atoms with Crippen molar-refractivity contribution in [3.63, 3.8) is 0 Å². The molecule has 1 aliphatic heterocycles. The molecule has 0 radical (unpaired) electrons. The maximum Gasteiger partial charge on any atom is 0.407 e. The number of aromatic nitrogens is 1. The molecule has 0 atom stereocenters. The molecular weight excluding hydrogens is 242 g/mol. The first kappa shape index (κ1) is 13.6. The lowest BCUT2D eigenvalue weighted by atomic mass is 10.1. The monoisotopic (exact) mass is 263 g/mol. The highest BCUT2D eigenvalue weighted by Crippen LogP contribution is 2.18. The van der Waals surface area contributed by atoms with Crippen LogP contribution in [0.1, 0.15) is 25.5 Å². The highest BCUT2D eigenvalue weighted by molar-refractivity contribution is 5.67. The molecule has 2 heterocycles. The molecule has 2 rings (SSSR count). The summed E-state index contributed by atoms with van der Waals surface area (Å²) in [6, 6.07) is 6.27. The number of nitrogens with zero attached hydrogens (tertiary/aromatic N) is 2. The minimum Gasteiger partial charge on any atom is -0.450 e. The topological polar surface area (TPSA) is 54.5 Å². The third-order valence-corrected chi connectivity index (χ3v) is 3.29. The number of piperidine rings is 1. The van der Waals surface area contributed by atoms with Gasteiger partial charge in [-0.25, -0.2) is 9.78 Å². The van der Waals surface area contributed by atoms with E-state index in [1.807, 2.05) is 32.0 Å². The minimum atomic E-state index is -0.311. The van der Waals surface area contributed by atoms with Gasteiger partial charge in [0.1, 0.15) is 5.82 Å². The largest absolute Gasteiger partial charge is 0.450 e. The molecular formula is C14H21N3O2. The van der Waals surface area contributed by atoms with E-state index in [1.54, 1.807) is 0 Å². The van der Waals surface area contributed by atoms with Gasteiger partial charge in [0.2, 0.25) is 0 Å². The number of amides is 1. The van der Waals surface area contributed by atoms with Gasteiger partial charge < -0.3 is 15.0 Å². The molecule has 0 unspecified atom stereocenters. The molecule has 1 aromatic heterocycles. The van der Waals surface area contributed by atoms with Crippen molar-refractivity contribution in [2.75, 3.05) is 24.6 Å². The van der Waals surface area contributed by atoms with E-state index < -0.39 is 0 Å². The van der Waals surface area contributed by atoms with Crippen LogP contribution in [0.2, 0.25) is 0 Å². The summed E-state index contributed by atoms with van der Waals surface area (Å²) in [7, 11) is 0. The van der Waals surface area contributed by atoms with Gasteiger partial charge in [-0.15, -0.1) is 0 Å². The van der Waals surface area contributed by atoms with Gasteiger partial charge in [-0.05, 0) is 38.8 Å². The normalized spacial score (nSPS) is 16.2. The molecule has 0 bridgehead atoms. The lowest BCUT2D eigenvalue weighted by Crippen LogP contribution is -2.45. The van der Waals surface area contributed by atoms with Crippen molar-refractivity contribution >= 4 is 11.9 Å². The Morgan fingerprint density at radius 1 is 1.47 bits per heavy atom. The van der Waals surface area contributed by atoms with Crippen molar-refractivity contribution in [3.05, 3.63) is 23.9 Å². The van der Waals surface area contributed by atoms with Gasteiger partial charge in [0.25, 0.3) is 0 Å². The summed E-state index contributed by atoms with van der Waals surface area (Å²) < 4.78 is 4.90. The Hall–Kier alpha value is -1.78. The first-order valence-corrected chi connectivity index (χ1v) is 6.81. The zero-order chi connectivity index (χ0) is 13.7. The van der Waals surface area contributed by atoms with Crippen molar-refractivity contribution in [2.45, 2.75) is 32.7 Å². The van der Waals surface area contributed by atoms with Gasteiger partial charge in [-0.3, -0.25) is 0 Å². The second-order valence-electron chi connectivity index (χ2n) is 4.76. The zero-order valence-corrected chi connectivity index (χ0v) is 11.6. The summed E-state index contributed by atoms with van der Waals surface area (Å²) in [4.78, 5) is 18.1. The molecule has 104 valence electrons. The summed E-state index contributed by atoms with van der Waals surface area (Å²) in [5, 5.41) is 2.89. The number of pyridine rings is 1. The summed E-state index contributed by atoms with van der Waals surface area (Å²) in [6.07, 6.45) is 1.54. The average Bonchev–Trinajstić information content (AvgIpc) is 2.40. The third-order valence-electron chi connectivity index (χ3n) is 3.29. The van der Waals surface area contributed by atoms with Crippen molar-refractivity contribution in [1.29, 1.82) is 0 Å². The maximum absolute atomic E-state index is 11.3. The van der Waals surface area contributed by atoms with Gasteiger partial charge in [0.15, 0.2) is 0 Å². The molecule has 1 amide bonds. The number of aryl methyl sites for hydroxylation is 1. The highest BCUT2D eigenvalue weighted by atomic mass is 16.5. The number of rotatable bonds is 3. The summed E-state index contributed by atoms with van der Waals surface area (Å²) >= 11 is 0. The quantitative estimate of drug-likeness (QED) is 0.907. The van der Waals surface area contributed by atoms with E-state index in [0.717, 1.165) is 37.4 Å². The predicted octanol–water partition coefficient (Wildman–Crippen LogP) is 2.10. The predicted molar refractivity (Wildman–Crippen MR) is 74.4 cm³/mol. The molecule has 0 aliphatic carbocycles. The van der Waals surface area contributed by atoms with Crippen LogP contribution in [-0.4, -0.2) is 36.8 Å². The number of carbonyl (C=O) groups excluding carboxylic acids is 1. The van der Waals surface area contributed by atoms with Crippen LogP contribution in [-0.2, 0) is 4.74 Å². The summed E-state index contributed by atoms with van der Waals surface area (Å²) in [5.41, 5.74) is 1.03. The number of hydrogen-bond donors (Lipinski definition) is 1. The fraction of sp³-hybridized carbons (Fsp3) is 0.571. The van der Waals surface area contributed by atoms with Gasteiger partial charge in [-0.1, -0.05) is 6.07 Å². The van der Waals surface area contributed by atoms with Gasteiger partial charge in [-0.2, -0.15) is 0 Å². The lowest BCUT2D eigenvalue weighted by Gasteiger charge is -2.33. The third kappa shape index (κ3) is 3.84. The Morgan fingerprint density at radius 2 is 2.21 bits per heavy atom.